The number of nitrogens with one attached hydrogen (secondary N) is 1. The Kier molecular flexibility index (Phi) is 1.69. The second-order valence-electron chi connectivity index (χ2n) is 4.50. The van der Waals surface area contributed by atoms with Crippen LogP contribution < -0.4 is 0 Å². The molecule has 0 saturated heterocycles. The molecule has 1 aromatic heterocycles. The van der Waals surface area contributed by atoms with Crippen molar-refractivity contribution in [2.75, 3.05) is 0 Å². The molecule has 1 N–H and O–H groups in total. The van der Waals surface area contributed by atoms with Gasteiger partial charge < -0.3 is 4.98 Å². The minimum atomic E-state index is 0. The van der Waals surface area contributed by atoms with E-state index in [0.717, 1.165) is 0 Å². The van der Waals surface area contributed by atoms with Crippen LogP contribution in [-0.4, -0.2) is 4.98 Å². The Morgan fingerprint density at radius 3 is 2.54 bits per heavy atom. The summed E-state index contributed by atoms with van der Waals surface area (Å²) in [6.45, 7) is 6.72. The van der Waals surface area contributed by atoms with E-state index in [9.17, 15) is 0 Å². The lowest BCUT2D eigenvalue weighted by atomic mass is 9.87. The molecule has 70 valence electrons. The molecule has 1 nitrogen and oxygen atoms in total. The molecule has 0 bridgehead atoms. The van der Waals surface area contributed by atoms with Crippen LogP contribution in [0.25, 0.3) is 10.9 Å². The molecule has 0 aliphatic rings. The van der Waals surface area contributed by atoms with E-state index in [0.29, 0.717) is 0 Å². The van der Waals surface area contributed by atoms with E-state index in [1.165, 1.54) is 16.5 Å². The van der Waals surface area contributed by atoms with Gasteiger partial charge in [-0.2, -0.15) is 0 Å². The molecule has 0 fully saturated rings. The zero-order chi connectivity index (χ0) is 9.47. The van der Waals surface area contributed by atoms with E-state index < -0.39 is 0 Å². The Hall–Kier alpha value is -1.24. The number of aromatic nitrogens is 1. The second-order valence-corrected chi connectivity index (χ2v) is 4.50. The van der Waals surface area contributed by atoms with E-state index in [1.54, 1.807) is 0 Å². The standard InChI is InChI=1S/C12H15N.H2/c1-12(2,3)10-8-13-11-7-5-4-6-9(10)11;/h4-8,13H,1-3H3;1H. The molecule has 0 amide bonds. The number of rotatable bonds is 0. The predicted octanol–water partition coefficient (Wildman–Crippen LogP) is 3.71. The van der Waals surface area contributed by atoms with Crippen molar-refractivity contribution in [1.29, 1.82) is 0 Å². The number of hydrogen-bond donors (Lipinski definition) is 1. The summed E-state index contributed by atoms with van der Waals surface area (Å²) >= 11 is 0. The van der Waals surface area contributed by atoms with Crippen LogP contribution >= 0.6 is 0 Å². The van der Waals surface area contributed by atoms with Crippen molar-refractivity contribution in [1.82, 2.24) is 4.98 Å². The summed E-state index contributed by atoms with van der Waals surface area (Å²) < 4.78 is 0. The summed E-state index contributed by atoms with van der Waals surface area (Å²) in [7, 11) is 0. The van der Waals surface area contributed by atoms with Crippen molar-refractivity contribution in [2.45, 2.75) is 26.2 Å². The number of hydrogen-bond acceptors (Lipinski definition) is 0. The second kappa shape index (κ2) is 2.63. The van der Waals surface area contributed by atoms with Crippen molar-refractivity contribution < 1.29 is 1.43 Å². The molecule has 1 heteroatoms. The minimum absolute atomic E-state index is 0. The molecule has 0 radical (unpaired) electrons. The summed E-state index contributed by atoms with van der Waals surface area (Å²) in [5, 5.41) is 1.34. The van der Waals surface area contributed by atoms with Crippen molar-refractivity contribution in [3.63, 3.8) is 0 Å². The average molecular weight is 175 g/mol. The van der Waals surface area contributed by atoms with E-state index in [-0.39, 0.29) is 6.84 Å². The molecule has 2 rings (SSSR count). The summed E-state index contributed by atoms with van der Waals surface area (Å²) in [4.78, 5) is 3.29. The zero-order valence-electron chi connectivity index (χ0n) is 8.39. The van der Waals surface area contributed by atoms with Gasteiger partial charge in [0.05, 0.1) is 0 Å². The number of benzene rings is 1. The molecular weight excluding hydrogens is 158 g/mol. The zero-order valence-corrected chi connectivity index (χ0v) is 8.39. The SMILES string of the molecule is CC(C)(C)c1c[nH]c2ccccc12.[HH]. The van der Waals surface area contributed by atoms with Crippen LogP contribution in [0, 0.1) is 0 Å². The Balaban J connectivity index is 0.000000980. The minimum Gasteiger partial charge on any atom is -0.361 e. The summed E-state index contributed by atoms with van der Waals surface area (Å²) in [6, 6.07) is 8.44. The van der Waals surface area contributed by atoms with Gasteiger partial charge in [0.1, 0.15) is 0 Å². The van der Waals surface area contributed by atoms with Gasteiger partial charge in [-0.25, -0.2) is 0 Å². The first-order valence-electron chi connectivity index (χ1n) is 4.65. The molecular formula is C12H17N. The maximum absolute atomic E-state index is 3.29. The van der Waals surface area contributed by atoms with Gasteiger partial charge in [0.25, 0.3) is 0 Å². The smallest absolute Gasteiger partial charge is 0.0456 e. The molecule has 1 heterocycles. The van der Waals surface area contributed by atoms with E-state index in [2.05, 4.69) is 56.2 Å². The van der Waals surface area contributed by atoms with Crippen LogP contribution in [0.1, 0.15) is 27.8 Å². The van der Waals surface area contributed by atoms with Gasteiger partial charge in [0.15, 0.2) is 0 Å². The van der Waals surface area contributed by atoms with Crippen molar-refractivity contribution in [3.8, 4) is 0 Å². The molecule has 0 saturated carbocycles. The molecule has 0 aliphatic carbocycles. The highest BCUT2D eigenvalue weighted by molar-refractivity contribution is 5.84. The van der Waals surface area contributed by atoms with Gasteiger partial charge in [0.2, 0.25) is 0 Å². The van der Waals surface area contributed by atoms with E-state index in [4.69, 9.17) is 0 Å². The van der Waals surface area contributed by atoms with Gasteiger partial charge >= 0.3 is 0 Å². The highest BCUT2D eigenvalue weighted by Gasteiger charge is 2.17. The molecule has 0 atom stereocenters. The Morgan fingerprint density at radius 2 is 1.85 bits per heavy atom. The normalized spacial score (nSPS) is 12.2. The largest absolute Gasteiger partial charge is 0.361 e. The number of fused-ring (bicyclic) bond motifs is 1. The fourth-order valence-electron chi connectivity index (χ4n) is 1.69. The lowest BCUT2D eigenvalue weighted by molar-refractivity contribution is 0.596. The average Bonchev–Trinajstić information content (AvgIpc) is 2.45. The van der Waals surface area contributed by atoms with Crippen molar-refractivity contribution >= 4 is 10.9 Å². The third-order valence-electron chi connectivity index (χ3n) is 2.40. The van der Waals surface area contributed by atoms with E-state index in [1.807, 2.05) is 0 Å². The van der Waals surface area contributed by atoms with Gasteiger partial charge in [-0.3, -0.25) is 0 Å². The van der Waals surface area contributed by atoms with Crippen LogP contribution in [0.5, 0.6) is 0 Å². The Labute approximate surface area is 80.3 Å². The lowest BCUT2D eigenvalue weighted by Gasteiger charge is -2.17. The Morgan fingerprint density at radius 1 is 1.15 bits per heavy atom. The molecule has 0 aliphatic heterocycles. The van der Waals surface area contributed by atoms with Crippen molar-refractivity contribution in [3.05, 3.63) is 36.0 Å². The summed E-state index contributed by atoms with van der Waals surface area (Å²) in [5.41, 5.74) is 2.84. The van der Waals surface area contributed by atoms with Crippen molar-refractivity contribution in [2.24, 2.45) is 0 Å². The highest BCUT2D eigenvalue weighted by atomic mass is 14.7. The first-order valence-corrected chi connectivity index (χ1v) is 4.65. The molecule has 0 spiro atoms. The number of aromatic amines is 1. The van der Waals surface area contributed by atoms with Gasteiger partial charge in [-0.15, -0.1) is 0 Å². The van der Waals surface area contributed by atoms with Crippen LogP contribution in [0.4, 0.5) is 0 Å². The highest BCUT2D eigenvalue weighted by Crippen LogP contribution is 2.29. The van der Waals surface area contributed by atoms with Crippen LogP contribution in [-0.2, 0) is 5.41 Å². The fraction of sp³-hybridized carbons (Fsp3) is 0.333. The molecule has 2 aromatic rings. The van der Waals surface area contributed by atoms with Crippen LogP contribution in [0.3, 0.4) is 0 Å². The number of para-hydroxylation sites is 1. The molecule has 1 aromatic carbocycles. The maximum atomic E-state index is 3.29. The molecule has 0 unspecified atom stereocenters. The fourth-order valence-corrected chi connectivity index (χ4v) is 1.69. The number of H-pyrrole nitrogens is 1. The third-order valence-corrected chi connectivity index (χ3v) is 2.40. The predicted molar refractivity (Wildman–Crippen MR) is 59.1 cm³/mol. The monoisotopic (exact) mass is 175 g/mol. The van der Waals surface area contributed by atoms with E-state index >= 15 is 0 Å². The first kappa shape index (κ1) is 8.36. The van der Waals surface area contributed by atoms with Gasteiger partial charge in [-0.05, 0) is 17.0 Å². The molecule has 13 heavy (non-hydrogen) atoms. The van der Waals surface area contributed by atoms with Crippen LogP contribution in [0.15, 0.2) is 30.5 Å². The van der Waals surface area contributed by atoms with Gasteiger partial charge in [-0.1, -0.05) is 39.0 Å². The summed E-state index contributed by atoms with van der Waals surface area (Å²) in [5.74, 6) is 0. The maximum Gasteiger partial charge on any atom is 0.0456 e. The quantitative estimate of drug-likeness (QED) is 0.628. The van der Waals surface area contributed by atoms with Gasteiger partial charge in [0, 0.05) is 18.5 Å². The van der Waals surface area contributed by atoms with Crippen LogP contribution in [0.2, 0.25) is 0 Å². The topological polar surface area (TPSA) is 15.8 Å². The first-order chi connectivity index (χ1) is 6.09. The Bertz CT molecular complexity index is 423. The summed E-state index contributed by atoms with van der Waals surface area (Å²) in [6.07, 6.45) is 2.12. The third kappa shape index (κ3) is 1.35. The lowest BCUT2D eigenvalue weighted by Crippen LogP contribution is -2.09.